The van der Waals surface area contributed by atoms with Crippen LogP contribution in [0.3, 0.4) is 0 Å². The predicted octanol–water partition coefficient (Wildman–Crippen LogP) is 3.25. The molecule has 0 fully saturated rings. The van der Waals surface area contributed by atoms with Crippen LogP contribution in [0.1, 0.15) is 5.56 Å². The Balaban J connectivity index is 1.95. The Bertz CT molecular complexity index is 809. The minimum absolute atomic E-state index is 0.0234. The molecule has 2 aromatic carbocycles. The molecule has 2 aromatic rings. The van der Waals surface area contributed by atoms with E-state index in [2.05, 4.69) is 10.0 Å². The van der Waals surface area contributed by atoms with Crippen LogP contribution in [-0.2, 0) is 16.4 Å². The molecular formula is C14H12ClFN2O2S. The highest BCUT2D eigenvalue weighted by Crippen LogP contribution is 2.28. The van der Waals surface area contributed by atoms with Crippen molar-refractivity contribution in [1.82, 2.24) is 0 Å². The van der Waals surface area contributed by atoms with Crippen molar-refractivity contribution in [2.24, 2.45) is 0 Å². The summed E-state index contributed by atoms with van der Waals surface area (Å²) in [6.45, 7) is 0.794. The standard InChI is InChI=1S/C14H12ClFN2O2S/c15-12-3-1-10(16)8-14(12)18-21(19,20)11-2-4-13-9(7-11)5-6-17-13/h1-4,7-8,17-18H,5-6H2. The molecule has 0 aliphatic carbocycles. The molecule has 0 atom stereocenters. The number of fused-ring (bicyclic) bond motifs is 1. The van der Waals surface area contributed by atoms with E-state index in [1.165, 1.54) is 18.2 Å². The van der Waals surface area contributed by atoms with Gasteiger partial charge in [-0.3, -0.25) is 4.72 Å². The van der Waals surface area contributed by atoms with Crippen LogP contribution in [0.15, 0.2) is 41.3 Å². The normalized spacial score (nSPS) is 13.6. The maximum absolute atomic E-state index is 13.2. The fourth-order valence-electron chi connectivity index (χ4n) is 2.23. The number of nitrogens with one attached hydrogen (secondary N) is 2. The third-order valence-electron chi connectivity index (χ3n) is 3.27. The fraction of sp³-hybridized carbons (Fsp3) is 0.143. The smallest absolute Gasteiger partial charge is 0.261 e. The molecule has 0 unspecified atom stereocenters. The van der Waals surface area contributed by atoms with Gasteiger partial charge < -0.3 is 5.32 Å². The van der Waals surface area contributed by atoms with Crippen LogP contribution in [0, 0.1) is 5.82 Å². The van der Waals surface area contributed by atoms with Gasteiger partial charge in [-0.15, -0.1) is 0 Å². The Hall–Kier alpha value is -1.79. The highest BCUT2D eigenvalue weighted by atomic mass is 35.5. The van der Waals surface area contributed by atoms with Crippen molar-refractivity contribution in [3.8, 4) is 0 Å². The zero-order valence-electron chi connectivity index (χ0n) is 10.9. The molecule has 1 aliphatic rings. The van der Waals surface area contributed by atoms with E-state index in [9.17, 15) is 12.8 Å². The summed E-state index contributed by atoms with van der Waals surface area (Å²) in [6, 6.07) is 8.37. The zero-order valence-corrected chi connectivity index (χ0v) is 12.4. The van der Waals surface area contributed by atoms with Gasteiger partial charge in [-0.1, -0.05) is 11.6 Å². The van der Waals surface area contributed by atoms with E-state index in [0.29, 0.717) is 0 Å². The molecule has 7 heteroatoms. The van der Waals surface area contributed by atoms with Crippen molar-refractivity contribution in [2.75, 3.05) is 16.6 Å². The van der Waals surface area contributed by atoms with Crippen LogP contribution < -0.4 is 10.0 Å². The maximum atomic E-state index is 13.2. The Labute approximate surface area is 127 Å². The van der Waals surface area contributed by atoms with Crippen LogP contribution >= 0.6 is 11.6 Å². The first-order valence-electron chi connectivity index (χ1n) is 6.30. The lowest BCUT2D eigenvalue weighted by molar-refractivity contribution is 0.601. The molecule has 0 saturated carbocycles. The molecule has 0 bridgehead atoms. The van der Waals surface area contributed by atoms with Crippen molar-refractivity contribution in [2.45, 2.75) is 11.3 Å². The molecule has 1 aliphatic heterocycles. The molecule has 1 heterocycles. The number of hydrogen-bond donors (Lipinski definition) is 2. The quantitative estimate of drug-likeness (QED) is 0.910. The van der Waals surface area contributed by atoms with Crippen LogP contribution in [0.4, 0.5) is 15.8 Å². The second-order valence-corrected chi connectivity index (χ2v) is 6.81. The van der Waals surface area contributed by atoms with E-state index in [1.807, 2.05) is 0 Å². The first-order chi connectivity index (χ1) is 9.95. The third-order valence-corrected chi connectivity index (χ3v) is 4.96. The molecule has 110 valence electrons. The molecular weight excluding hydrogens is 315 g/mol. The SMILES string of the molecule is O=S(=O)(Nc1cc(F)ccc1Cl)c1ccc2c(c1)CCN2. The largest absolute Gasteiger partial charge is 0.384 e. The summed E-state index contributed by atoms with van der Waals surface area (Å²) in [5.41, 5.74) is 1.91. The number of halogens is 2. The lowest BCUT2D eigenvalue weighted by atomic mass is 10.2. The van der Waals surface area contributed by atoms with Gasteiger partial charge in [0.15, 0.2) is 0 Å². The maximum Gasteiger partial charge on any atom is 0.261 e. The van der Waals surface area contributed by atoms with E-state index >= 15 is 0 Å². The zero-order chi connectivity index (χ0) is 15.0. The average molecular weight is 327 g/mol. The summed E-state index contributed by atoms with van der Waals surface area (Å²) in [5.74, 6) is -0.560. The lowest BCUT2D eigenvalue weighted by Gasteiger charge is -2.11. The van der Waals surface area contributed by atoms with Gasteiger partial charge >= 0.3 is 0 Å². The summed E-state index contributed by atoms with van der Waals surface area (Å²) in [4.78, 5) is 0.130. The minimum Gasteiger partial charge on any atom is -0.384 e. The number of hydrogen-bond acceptors (Lipinski definition) is 3. The molecule has 0 saturated heterocycles. The van der Waals surface area contributed by atoms with Crippen LogP contribution in [0.25, 0.3) is 0 Å². The number of benzene rings is 2. The highest BCUT2D eigenvalue weighted by molar-refractivity contribution is 7.92. The molecule has 3 rings (SSSR count). The summed E-state index contributed by atoms with van der Waals surface area (Å²) in [6.07, 6.45) is 0.777. The van der Waals surface area contributed by atoms with Crippen LogP contribution in [0.2, 0.25) is 5.02 Å². The predicted molar refractivity (Wildman–Crippen MR) is 80.9 cm³/mol. The number of rotatable bonds is 3. The van der Waals surface area contributed by atoms with Gasteiger partial charge in [0.1, 0.15) is 5.82 Å². The average Bonchev–Trinajstić information content (AvgIpc) is 2.90. The van der Waals surface area contributed by atoms with Crippen molar-refractivity contribution >= 4 is 33.0 Å². The summed E-state index contributed by atoms with van der Waals surface area (Å²) >= 11 is 5.88. The van der Waals surface area contributed by atoms with Gasteiger partial charge in [-0.2, -0.15) is 0 Å². The molecule has 0 radical (unpaired) electrons. The minimum atomic E-state index is -3.80. The van der Waals surface area contributed by atoms with Gasteiger partial charge in [0, 0.05) is 12.2 Å². The summed E-state index contributed by atoms with van der Waals surface area (Å²) in [7, 11) is -3.80. The molecule has 2 N–H and O–H groups in total. The second kappa shape index (κ2) is 5.20. The first-order valence-corrected chi connectivity index (χ1v) is 8.16. The molecule has 4 nitrogen and oxygen atoms in total. The van der Waals surface area contributed by atoms with Gasteiger partial charge in [-0.25, -0.2) is 12.8 Å². The van der Waals surface area contributed by atoms with Crippen LogP contribution in [-0.4, -0.2) is 15.0 Å². The fourth-order valence-corrected chi connectivity index (χ4v) is 3.57. The molecule has 0 spiro atoms. The number of anilines is 2. The second-order valence-electron chi connectivity index (χ2n) is 4.73. The van der Waals surface area contributed by atoms with Gasteiger partial charge in [-0.05, 0) is 48.4 Å². The first kappa shape index (κ1) is 14.2. The van der Waals surface area contributed by atoms with E-state index in [1.54, 1.807) is 12.1 Å². The summed E-state index contributed by atoms with van der Waals surface area (Å²) in [5, 5.41) is 3.30. The van der Waals surface area contributed by atoms with Gasteiger partial charge in [0.25, 0.3) is 10.0 Å². The highest BCUT2D eigenvalue weighted by Gasteiger charge is 2.19. The van der Waals surface area contributed by atoms with Crippen molar-refractivity contribution in [1.29, 1.82) is 0 Å². The van der Waals surface area contributed by atoms with E-state index in [-0.39, 0.29) is 15.6 Å². The van der Waals surface area contributed by atoms with Gasteiger partial charge in [0.05, 0.1) is 15.6 Å². The lowest BCUT2D eigenvalue weighted by Crippen LogP contribution is -2.13. The van der Waals surface area contributed by atoms with Crippen molar-refractivity contribution in [3.63, 3.8) is 0 Å². The Morgan fingerprint density at radius 3 is 2.81 bits per heavy atom. The van der Waals surface area contributed by atoms with E-state index in [4.69, 9.17) is 11.6 Å². The Kier molecular flexibility index (Phi) is 3.51. The Morgan fingerprint density at radius 2 is 2.00 bits per heavy atom. The van der Waals surface area contributed by atoms with Crippen molar-refractivity contribution < 1.29 is 12.8 Å². The van der Waals surface area contributed by atoms with E-state index in [0.717, 1.165) is 30.3 Å². The van der Waals surface area contributed by atoms with Crippen molar-refractivity contribution in [3.05, 3.63) is 52.8 Å². The topological polar surface area (TPSA) is 58.2 Å². The monoisotopic (exact) mass is 326 g/mol. The van der Waals surface area contributed by atoms with Crippen LogP contribution in [0.5, 0.6) is 0 Å². The van der Waals surface area contributed by atoms with Gasteiger partial charge in [0.2, 0.25) is 0 Å². The Morgan fingerprint density at radius 1 is 1.19 bits per heavy atom. The molecule has 0 aromatic heterocycles. The third kappa shape index (κ3) is 2.82. The van der Waals surface area contributed by atoms with E-state index < -0.39 is 15.8 Å². The molecule has 0 amide bonds. The number of sulfonamides is 1. The molecule has 21 heavy (non-hydrogen) atoms. The summed E-state index contributed by atoms with van der Waals surface area (Å²) < 4.78 is 40.2.